The molecule has 3 rings (SSSR count). The van der Waals surface area contributed by atoms with Gasteiger partial charge in [-0.05, 0) is 6.07 Å². The largest absolute Gasteiger partial charge is 1.00 e. The molecule has 1 aromatic carbocycles. The van der Waals surface area contributed by atoms with Crippen molar-refractivity contribution >= 4 is 11.8 Å². The SMILES string of the molecule is [Br-].[C+]1=C2NC=c3ccccc3=C2CC=C1. The van der Waals surface area contributed by atoms with Crippen LogP contribution in [0.3, 0.4) is 0 Å². The van der Waals surface area contributed by atoms with Crippen molar-refractivity contribution < 1.29 is 17.0 Å². The van der Waals surface area contributed by atoms with E-state index in [0.717, 1.165) is 12.1 Å². The summed E-state index contributed by atoms with van der Waals surface area (Å²) in [6.45, 7) is 0. The molecule has 2 aliphatic rings. The van der Waals surface area contributed by atoms with E-state index in [4.69, 9.17) is 0 Å². The molecule has 0 atom stereocenters. The number of hydrogen-bond acceptors (Lipinski definition) is 1. The molecule has 1 nitrogen and oxygen atoms in total. The molecule has 0 amide bonds. The molecule has 0 bridgehead atoms. The highest BCUT2D eigenvalue weighted by Gasteiger charge is 2.19. The fourth-order valence-electron chi connectivity index (χ4n) is 1.93. The predicted octanol–water partition coefficient (Wildman–Crippen LogP) is -2.17. The first-order chi connectivity index (χ1) is 6.95. The third-order valence-electron chi connectivity index (χ3n) is 2.63. The fraction of sp³-hybridized carbons (Fsp3) is 0.0769. The van der Waals surface area contributed by atoms with Crippen LogP contribution < -0.4 is 32.7 Å². The molecule has 1 aromatic rings. The van der Waals surface area contributed by atoms with Gasteiger partial charge in [0.1, 0.15) is 6.08 Å². The van der Waals surface area contributed by atoms with Crippen molar-refractivity contribution in [1.29, 1.82) is 0 Å². The number of hydrogen-bond donors (Lipinski definition) is 1. The normalized spacial score (nSPS) is 15.7. The Hall–Kier alpha value is -1.37. The Morgan fingerprint density at radius 3 is 3.00 bits per heavy atom. The van der Waals surface area contributed by atoms with Gasteiger partial charge in [0.05, 0.1) is 18.1 Å². The summed E-state index contributed by atoms with van der Waals surface area (Å²) in [5.41, 5.74) is 2.47. The molecule has 0 unspecified atom stereocenters. The summed E-state index contributed by atoms with van der Waals surface area (Å²) in [6, 6.07) is 8.45. The van der Waals surface area contributed by atoms with E-state index >= 15 is 0 Å². The fourth-order valence-corrected chi connectivity index (χ4v) is 1.93. The van der Waals surface area contributed by atoms with Crippen LogP contribution in [0.4, 0.5) is 0 Å². The number of nitrogens with one attached hydrogen (secondary N) is 1. The van der Waals surface area contributed by atoms with E-state index < -0.39 is 0 Å². The molecular weight excluding hydrogens is 250 g/mol. The maximum Gasteiger partial charge on any atom is 0.210 e. The molecule has 0 aromatic heterocycles. The molecule has 0 spiro atoms. The van der Waals surface area contributed by atoms with Crippen molar-refractivity contribution in [1.82, 2.24) is 5.32 Å². The van der Waals surface area contributed by atoms with Crippen LogP contribution in [-0.2, 0) is 0 Å². The van der Waals surface area contributed by atoms with Gasteiger partial charge in [0.25, 0.3) is 0 Å². The predicted molar refractivity (Wildman–Crippen MR) is 57.2 cm³/mol. The second kappa shape index (κ2) is 4.01. The van der Waals surface area contributed by atoms with Crippen molar-refractivity contribution in [2.75, 3.05) is 0 Å². The van der Waals surface area contributed by atoms with E-state index in [1.54, 1.807) is 0 Å². The van der Waals surface area contributed by atoms with Crippen LogP contribution in [-0.4, -0.2) is 0 Å². The Labute approximate surface area is 99.3 Å². The molecule has 1 N–H and O–H groups in total. The van der Waals surface area contributed by atoms with Crippen LogP contribution in [0.2, 0.25) is 0 Å². The van der Waals surface area contributed by atoms with Gasteiger partial charge in [-0.3, -0.25) is 0 Å². The lowest BCUT2D eigenvalue weighted by molar-refractivity contribution is -0.00000274. The number of halogens is 1. The number of rotatable bonds is 0. The summed E-state index contributed by atoms with van der Waals surface area (Å²) in [4.78, 5) is 0. The molecule has 15 heavy (non-hydrogen) atoms. The zero-order valence-corrected chi connectivity index (χ0v) is 9.71. The minimum atomic E-state index is 0. The van der Waals surface area contributed by atoms with E-state index in [1.807, 2.05) is 12.3 Å². The molecule has 0 saturated carbocycles. The van der Waals surface area contributed by atoms with Gasteiger partial charge in [-0.15, -0.1) is 0 Å². The van der Waals surface area contributed by atoms with E-state index in [9.17, 15) is 0 Å². The van der Waals surface area contributed by atoms with Gasteiger partial charge >= 0.3 is 0 Å². The Kier molecular flexibility index (Phi) is 2.72. The number of benzene rings is 1. The van der Waals surface area contributed by atoms with Gasteiger partial charge < -0.3 is 22.3 Å². The number of fused-ring (bicyclic) bond motifs is 2. The Morgan fingerprint density at radius 1 is 1.20 bits per heavy atom. The summed E-state index contributed by atoms with van der Waals surface area (Å²) in [6.07, 6.45) is 10.4. The Balaban J connectivity index is 0.000000853. The van der Waals surface area contributed by atoms with Crippen LogP contribution in [0.1, 0.15) is 6.42 Å². The van der Waals surface area contributed by atoms with Gasteiger partial charge in [-0.25, -0.2) is 0 Å². The topological polar surface area (TPSA) is 12.0 Å². The van der Waals surface area contributed by atoms with Crippen LogP contribution in [0.5, 0.6) is 0 Å². The van der Waals surface area contributed by atoms with Crippen molar-refractivity contribution in [2.45, 2.75) is 6.42 Å². The molecule has 0 saturated heterocycles. The summed E-state index contributed by atoms with van der Waals surface area (Å²) >= 11 is 0. The third kappa shape index (κ3) is 1.63. The van der Waals surface area contributed by atoms with Gasteiger partial charge in [0.2, 0.25) is 5.70 Å². The number of allylic oxidation sites excluding steroid dienone is 4. The van der Waals surface area contributed by atoms with Gasteiger partial charge in [-0.2, -0.15) is 0 Å². The molecule has 2 heteroatoms. The van der Waals surface area contributed by atoms with Crippen molar-refractivity contribution in [3.8, 4) is 0 Å². The zero-order chi connectivity index (χ0) is 9.38. The third-order valence-corrected chi connectivity index (χ3v) is 2.63. The maximum atomic E-state index is 3.27. The minimum absolute atomic E-state index is 0. The summed E-state index contributed by atoms with van der Waals surface area (Å²) in [5.74, 6) is 0. The first-order valence-corrected chi connectivity index (χ1v) is 4.79. The minimum Gasteiger partial charge on any atom is -1.00 e. The quantitative estimate of drug-likeness (QED) is 0.524. The maximum absolute atomic E-state index is 3.27. The zero-order valence-electron chi connectivity index (χ0n) is 8.13. The molecule has 74 valence electrons. The summed E-state index contributed by atoms with van der Waals surface area (Å²) in [7, 11) is 0. The van der Waals surface area contributed by atoms with Crippen LogP contribution in [0.15, 0.2) is 42.1 Å². The van der Waals surface area contributed by atoms with Crippen LogP contribution >= 0.6 is 0 Å². The van der Waals surface area contributed by atoms with E-state index in [-0.39, 0.29) is 17.0 Å². The van der Waals surface area contributed by atoms with Crippen LogP contribution in [0.25, 0.3) is 11.8 Å². The summed E-state index contributed by atoms with van der Waals surface area (Å²) in [5, 5.41) is 5.87. The lowest BCUT2D eigenvalue weighted by atomic mass is 9.98. The lowest BCUT2D eigenvalue weighted by Gasteiger charge is -2.09. The van der Waals surface area contributed by atoms with Gasteiger partial charge in [0.15, 0.2) is 0 Å². The highest BCUT2D eigenvalue weighted by atomic mass is 79.9. The second-order valence-corrected chi connectivity index (χ2v) is 3.48. The molecule has 0 radical (unpaired) electrons. The highest BCUT2D eigenvalue weighted by molar-refractivity contribution is 5.69. The molecular formula is C13H10BrN. The second-order valence-electron chi connectivity index (χ2n) is 3.48. The van der Waals surface area contributed by atoms with Gasteiger partial charge in [0, 0.05) is 22.7 Å². The Bertz CT molecular complexity index is 552. The van der Waals surface area contributed by atoms with Crippen molar-refractivity contribution in [3.63, 3.8) is 0 Å². The smallest absolute Gasteiger partial charge is 0.210 e. The monoisotopic (exact) mass is 259 g/mol. The molecule has 1 heterocycles. The van der Waals surface area contributed by atoms with E-state index in [1.165, 1.54) is 16.0 Å². The first kappa shape index (κ1) is 10.2. The van der Waals surface area contributed by atoms with Crippen LogP contribution in [0, 0.1) is 6.08 Å². The average Bonchev–Trinajstić information content (AvgIpc) is 2.29. The standard InChI is InChI=1S/C13H10N.BrH/c1-2-6-11-10(5-1)9-14-13-8-4-3-7-12(11)13;/h1-6,9,14H,7H2;1H/q+1;/p-1. The highest BCUT2D eigenvalue weighted by Crippen LogP contribution is 2.16. The van der Waals surface area contributed by atoms with E-state index in [2.05, 4.69) is 41.7 Å². The lowest BCUT2D eigenvalue weighted by Crippen LogP contribution is -3.00. The van der Waals surface area contributed by atoms with Gasteiger partial charge in [-0.1, -0.05) is 18.2 Å². The van der Waals surface area contributed by atoms with Crippen molar-refractivity contribution in [2.24, 2.45) is 0 Å². The Morgan fingerprint density at radius 2 is 2.07 bits per heavy atom. The van der Waals surface area contributed by atoms with Crippen molar-refractivity contribution in [3.05, 3.63) is 58.6 Å². The molecule has 1 aliphatic heterocycles. The average molecular weight is 260 g/mol. The summed E-state index contributed by atoms with van der Waals surface area (Å²) < 4.78 is 0. The first-order valence-electron chi connectivity index (χ1n) is 4.79. The van der Waals surface area contributed by atoms with E-state index in [0.29, 0.717) is 0 Å². The molecule has 0 fully saturated rings. The molecule has 1 aliphatic carbocycles.